The summed E-state index contributed by atoms with van der Waals surface area (Å²) in [6.07, 6.45) is 0.843. The molecule has 1 aliphatic rings. The maximum atomic E-state index is 12.5. The normalized spacial score (nSPS) is 19.2. The summed E-state index contributed by atoms with van der Waals surface area (Å²) in [5.74, 6) is -0.300. The van der Waals surface area contributed by atoms with Gasteiger partial charge in [0.05, 0.1) is 4.90 Å². The van der Waals surface area contributed by atoms with Crippen molar-refractivity contribution in [3.63, 3.8) is 0 Å². The number of nitrogens with zero attached hydrogens (tertiary/aromatic N) is 1. The highest BCUT2D eigenvalue weighted by atomic mass is 35.5. The lowest BCUT2D eigenvalue weighted by Gasteiger charge is -2.17. The van der Waals surface area contributed by atoms with Crippen molar-refractivity contribution < 1.29 is 13.2 Å². The number of amides is 1. The van der Waals surface area contributed by atoms with E-state index in [4.69, 9.17) is 5.73 Å². The third kappa shape index (κ3) is 3.94. The highest BCUT2D eigenvalue weighted by Crippen LogP contribution is 2.24. The van der Waals surface area contributed by atoms with Crippen LogP contribution in [0.2, 0.25) is 0 Å². The molecule has 1 aromatic carbocycles. The number of carbonyl (C=O) groups excluding carboxylic acids is 1. The van der Waals surface area contributed by atoms with Crippen molar-refractivity contribution >= 4 is 28.3 Å². The Morgan fingerprint density at radius 3 is 2.81 bits per heavy atom. The van der Waals surface area contributed by atoms with Crippen molar-refractivity contribution in [2.24, 2.45) is 11.7 Å². The van der Waals surface area contributed by atoms with E-state index in [2.05, 4.69) is 5.32 Å². The lowest BCUT2D eigenvalue weighted by Crippen LogP contribution is -2.30. The summed E-state index contributed by atoms with van der Waals surface area (Å²) in [5, 5.41) is 3.06. The van der Waals surface area contributed by atoms with Gasteiger partial charge in [-0.3, -0.25) is 4.79 Å². The molecule has 0 radical (unpaired) electrons. The smallest absolute Gasteiger partial charge is 0.248 e. The van der Waals surface area contributed by atoms with Gasteiger partial charge in [-0.05, 0) is 44.1 Å². The van der Waals surface area contributed by atoms with Gasteiger partial charge in [-0.25, -0.2) is 8.42 Å². The van der Waals surface area contributed by atoms with Crippen molar-refractivity contribution in [1.82, 2.24) is 9.62 Å². The molecule has 0 saturated carbocycles. The van der Waals surface area contributed by atoms with Crippen LogP contribution in [0.4, 0.5) is 0 Å². The quantitative estimate of drug-likeness (QED) is 0.817. The molecule has 1 saturated heterocycles. The van der Waals surface area contributed by atoms with Crippen LogP contribution in [0.3, 0.4) is 0 Å². The van der Waals surface area contributed by atoms with E-state index in [1.54, 1.807) is 0 Å². The first kappa shape index (κ1) is 17.9. The lowest BCUT2D eigenvalue weighted by atomic mass is 10.1. The molecule has 6 nitrogen and oxygen atoms in total. The molecular formula is C13H20ClN3O3S. The summed E-state index contributed by atoms with van der Waals surface area (Å²) in [5.41, 5.74) is 5.39. The maximum absolute atomic E-state index is 12.5. The molecule has 3 N–H and O–H groups in total. The molecule has 1 aromatic rings. The third-order valence-electron chi connectivity index (χ3n) is 3.50. The summed E-state index contributed by atoms with van der Waals surface area (Å²) in [4.78, 5) is 11.3. The first-order valence-corrected chi connectivity index (χ1v) is 7.94. The Labute approximate surface area is 131 Å². The predicted octanol–water partition coefficient (Wildman–Crippen LogP) is 0.437. The fraction of sp³-hybridized carbons (Fsp3) is 0.462. The highest BCUT2D eigenvalue weighted by Gasteiger charge is 2.32. The monoisotopic (exact) mass is 333 g/mol. The number of nitrogens with two attached hydrogens (primary N) is 1. The second-order valence-corrected chi connectivity index (χ2v) is 6.91. The Hall–Kier alpha value is -1.15. The average Bonchev–Trinajstić information content (AvgIpc) is 2.88. The molecule has 1 amide bonds. The van der Waals surface area contributed by atoms with Gasteiger partial charge in [0, 0.05) is 18.7 Å². The summed E-state index contributed by atoms with van der Waals surface area (Å²) in [6.45, 7) is 1.81. The Bertz CT molecular complexity index is 606. The van der Waals surface area contributed by atoms with E-state index in [9.17, 15) is 13.2 Å². The molecule has 8 heteroatoms. The number of halogens is 1. The van der Waals surface area contributed by atoms with Crippen molar-refractivity contribution in [3.8, 4) is 0 Å². The fourth-order valence-electron chi connectivity index (χ4n) is 2.43. The van der Waals surface area contributed by atoms with Gasteiger partial charge in [-0.1, -0.05) is 6.07 Å². The molecule has 1 fully saturated rings. The molecule has 118 valence electrons. The summed E-state index contributed by atoms with van der Waals surface area (Å²) in [6, 6.07) is 5.87. The van der Waals surface area contributed by atoms with Gasteiger partial charge in [0.25, 0.3) is 0 Å². The Morgan fingerprint density at radius 2 is 2.19 bits per heavy atom. The Balaban J connectivity index is 0.00000220. The summed E-state index contributed by atoms with van der Waals surface area (Å²) >= 11 is 0. The highest BCUT2D eigenvalue weighted by molar-refractivity contribution is 7.89. The number of primary amides is 1. The Morgan fingerprint density at radius 1 is 1.48 bits per heavy atom. The zero-order valence-corrected chi connectivity index (χ0v) is 13.4. The van der Waals surface area contributed by atoms with Crippen molar-refractivity contribution in [1.29, 1.82) is 0 Å². The number of benzene rings is 1. The van der Waals surface area contributed by atoms with E-state index in [0.717, 1.165) is 13.0 Å². The third-order valence-corrected chi connectivity index (χ3v) is 5.36. The van der Waals surface area contributed by atoms with Gasteiger partial charge in [0.15, 0.2) is 0 Å². The van der Waals surface area contributed by atoms with Crippen LogP contribution in [0.1, 0.15) is 16.8 Å². The SMILES string of the molecule is CNCC1CCN(S(=O)(=O)c2cccc(C(N)=O)c2)C1.Cl. The molecule has 1 unspecified atom stereocenters. The molecule has 0 aliphatic carbocycles. The molecule has 0 bridgehead atoms. The van der Waals surface area contributed by atoms with Gasteiger partial charge >= 0.3 is 0 Å². The average molecular weight is 334 g/mol. The van der Waals surface area contributed by atoms with E-state index in [1.165, 1.54) is 28.6 Å². The van der Waals surface area contributed by atoms with Crippen molar-refractivity contribution in [2.75, 3.05) is 26.7 Å². The predicted molar refractivity (Wildman–Crippen MR) is 83.0 cm³/mol. The van der Waals surface area contributed by atoms with Crippen LogP contribution < -0.4 is 11.1 Å². The molecule has 1 aliphatic heterocycles. The van der Waals surface area contributed by atoms with Crippen LogP contribution in [0.25, 0.3) is 0 Å². The molecule has 1 heterocycles. The van der Waals surface area contributed by atoms with Crippen LogP contribution >= 0.6 is 12.4 Å². The number of hydrogen-bond donors (Lipinski definition) is 2. The van der Waals surface area contributed by atoms with Crippen LogP contribution in [0.15, 0.2) is 29.2 Å². The van der Waals surface area contributed by atoms with Gasteiger partial charge in [0.1, 0.15) is 0 Å². The molecular weight excluding hydrogens is 314 g/mol. The number of hydrogen-bond acceptors (Lipinski definition) is 4. The summed E-state index contributed by atoms with van der Waals surface area (Å²) in [7, 11) is -1.69. The van der Waals surface area contributed by atoms with E-state index in [0.29, 0.717) is 19.0 Å². The zero-order chi connectivity index (χ0) is 14.8. The van der Waals surface area contributed by atoms with Crippen LogP contribution in [0.5, 0.6) is 0 Å². The maximum Gasteiger partial charge on any atom is 0.248 e. The van der Waals surface area contributed by atoms with Gasteiger partial charge < -0.3 is 11.1 Å². The van der Waals surface area contributed by atoms with Crippen LogP contribution in [0, 0.1) is 5.92 Å². The molecule has 1 atom stereocenters. The zero-order valence-electron chi connectivity index (χ0n) is 11.8. The standard InChI is InChI=1S/C13H19N3O3S.ClH/c1-15-8-10-5-6-16(9-10)20(18,19)12-4-2-3-11(7-12)13(14)17;/h2-4,7,10,15H,5-6,8-9H2,1H3,(H2,14,17);1H. The largest absolute Gasteiger partial charge is 0.366 e. The van der Waals surface area contributed by atoms with Crippen molar-refractivity contribution in [3.05, 3.63) is 29.8 Å². The molecule has 21 heavy (non-hydrogen) atoms. The van der Waals surface area contributed by atoms with E-state index >= 15 is 0 Å². The number of sulfonamides is 1. The second-order valence-electron chi connectivity index (χ2n) is 4.97. The Kier molecular flexibility index (Phi) is 6.15. The van der Waals surface area contributed by atoms with Gasteiger partial charge in [-0.15, -0.1) is 12.4 Å². The number of rotatable bonds is 5. The first-order chi connectivity index (χ1) is 9.45. The van der Waals surface area contributed by atoms with Crippen LogP contribution in [-0.4, -0.2) is 45.3 Å². The van der Waals surface area contributed by atoms with E-state index in [1.807, 2.05) is 7.05 Å². The van der Waals surface area contributed by atoms with Crippen molar-refractivity contribution in [2.45, 2.75) is 11.3 Å². The first-order valence-electron chi connectivity index (χ1n) is 6.49. The van der Waals surface area contributed by atoms with Gasteiger partial charge in [0.2, 0.25) is 15.9 Å². The minimum absolute atomic E-state index is 0. The van der Waals surface area contributed by atoms with Crippen LogP contribution in [-0.2, 0) is 10.0 Å². The van der Waals surface area contributed by atoms with Gasteiger partial charge in [-0.2, -0.15) is 4.31 Å². The van der Waals surface area contributed by atoms with E-state index < -0.39 is 15.9 Å². The molecule has 2 rings (SSSR count). The fourth-order valence-corrected chi connectivity index (χ4v) is 4.01. The minimum atomic E-state index is -3.55. The number of nitrogens with one attached hydrogen (secondary N) is 1. The molecule has 0 aromatic heterocycles. The van der Waals surface area contributed by atoms with E-state index in [-0.39, 0.29) is 22.9 Å². The molecule has 0 spiro atoms. The second kappa shape index (κ2) is 7.22. The topological polar surface area (TPSA) is 92.5 Å². The summed E-state index contributed by atoms with van der Waals surface area (Å²) < 4.78 is 26.5. The lowest BCUT2D eigenvalue weighted by molar-refractivity contribution is 0.1000. The number of carbonyl (C=O) groups is 1. The minimum Gasteiger partial charge on any atom is -0.366 e.